The number of nitrogens with one attached hydrogen (secondary N) is 1. The molecule has 0 fully saturated rings. The number of sulfone groups is 1. The van der Waals surface area contributed by atoms with Crippen molar-refractivity contribution in [3.8, 4) is 0 Å². The summed E-state index contributed by atoms with van der Waals surface area (Å²) in [7, 11) is -3.35. The van der Waals surface area contributed by atoms with Gasteiger partial charge in [-0.1, -0.05) is 11.6 Å². The van der Waals surface area contributed by atoms with Crippen molar-refractivity contribution in [1.82, 2.24) is 4.98 Å². The Morgan fingerprint density at radius 1 is 1.33 bits per heavy atom. The van der Waals surface area contributed by atoms with E-state index in [1.165, 1.54) is 12.1 Å². The fourth-order valence-corrected chi connectivity index (χ4v) is 4.22. The SMILES string of the molecule is O=S1(=O)CCC(Nc2cccnc2Cl)c2cc(F)ccc21. The molecule has 4 nitrogen and oxygen atoms in total. The molecule has 2 heterocycles. The highest BCUT2D eigenvalue weighted by atomic mass is 35.5. The van der Waals surface area contributed by atoms with Crippen molar-refractivity contribution in [3.63, 3.8) is 0 Å². The Kier molecular flexibility index (Phi) is 3.59. The van der Waals surface area contributed by atoms with Crippen LogP contribution >= 0.6 is 11.6 Å². The van der Waals surface area contributed by atoms with Gasteiger partial charge in [0, 0.05) is 6.20 Å². The van der Waals surface area contributed by atoms with E-state index in [-0.39, 0.29) is 16.7 Å². The lowest BCUT2D eigenvalue weighted by Gasteiger charge is -2.27. The lowest BCUT2D eigenvalue weighted by molar-refractivity contribution is 0.570. The van der Waals surface area contributed by atoms with Crippen molar-refractivity contribution < 1.29 is 12.8 Å². The van der Waals surface area contributed by atoms with Gasteiger partial charge in [-0.3, -0.25) is 0 Å². The van der Waals surface area contributed by atoms with Gasteiger partial charge in [0.1, 0.15) is 5.82 Å². The molecule has 0 saturated heterocycles. The fraction of sp³-hybridized carbons (Fsp3) is 0.214. The Morgan fingerprint density at radius 3 is 2.90 bits per heavy atom. The van der Waals surface area contributed by atoms with E-state index < -0.39 is 15.7 Å². The molecule has 3 rings (SSSR count). The zero-order valence-corrected chi connectivity index (χ0v) is 12.5. The van der Waals surface area contributed by atoms with Crippen LogP contribution in [0.1, 0.15) is 18.0 Å². The van der Waals surface area contributed by atoms with E-state index in [0.717, 1.165) is 6.07 Å². The van der Waals surface area contributed by atoms with Crippen LogP contribution in [0.2, 0.25) is 5.15 Å². The minimum atomic E-state index is -3.35. The first-order valence-electron chi connectivity index (χ1n) is 6.36. The molecular formula is C14H12ClFN2O2S. The summed E-state index contributed by atoms with van der Waals surface area (Å²) in [5.41, 5.74) is 1.03. The molecule has 110 valence electrons. The molecule has 0 bridgehead atoms. The molecule has 0 aliphatic carbocycles. The van der Waals surface area contributed by atoms with E-state index in [1.54, 1.807) is 18.3 Å². The third-order valence-electron chi connectivity index (χ3n) is 3.45. The first-order valence-corrected chi connectivity index (χ1v) is 8.40. The van der Waals surface area contributed by atoms with Gasteiger partial charge in [0.25, 0.3) is 0 Å². The summed E-state index contributed by atoms with van der Waals surface area (Å²) in [4.78, 5) is 4.13. The van der Waals surface area contributed by atoms with Gasteiger partial charge in [-0.2, -0.15) is 0 Å². The van der Waals surface area contributed by atoms with Crippen molar-refractivity contribution in [3.05, 3.63) is 53.1 Å². The third-order valence-corrected chi connectivity index (χ3v) is 5.56. The highest BCUT2D eigenvalue weighted by molar-refractivity contribution is 7.91. The standard InChI is InChI=1S/C14H12ClFN2O2S/c15-14-12(2-1-6-17-14)18-11-5-7-21(19,20)13-4-3-9(16)8-10(11)13/h1-4,6,8,11,18H,5,7H2. The van der Waals surface area contributed by atoms with Gasteiger partial charge in [0.15, 0.2) is 15.0 Å². The molecule has 0 amide bonds. The van der Waals surface area contributed by atoms with Gasteiger partial charge in [-0.25, -0.2) is 17.8 Å². The second-order valence-electron chi connectivity index (χ2n) is 4.83. The van der Waals surface area contributed by atoms with Crippen LogP contribution in [0.4, 0.5) is 10.1 Å². The number of benzene rings is 1. The second-order valence-corrected chi connectivity index (χ2v) is 7.26. The van der Waals surface area contributed by atoms with Crippen LogP contribution in [0, 0.1) is 5.82 Å². The summed E-state index contributed by atoms with van der Waals surface area (Å²) in [6.07, 6.45) is 1.91. The summed E-state index contributed by atoms with van der Waals surface area (Å²) >= 11 is 5.99. The monoisotopic (exact) mass is 326 g/mol. The third kappa shape index (κ3) is 2.73. The number of anilines is 1. The number of halogens is 2. The number of rotatable bonds is 2. The van der Waals surface area contributed by atoms with Crippen molar-refractivity contribution in [1.29, 1.82) is 0 Å². The maximum Gasteiger partial charge on any atom is 0.178 e. The molecule has 21 heavy (non-hydrogen) atoms. The summed E-state index contributed by atoms with van der Waals surface area (Å²) in [5.74, 6) is -0.448. The molecular weight excluding hydrogens is 315 g/mol. The van der Waals surface area contributed by atoms with Gasteiger partial charge in [0.05, 0.1) is 22.4 Å². The van der Waals surface area contributed by atoms with Gasteiger partial charge in [-0.15, -0.1) is 0 Å². The largest absolute Gasteiger partial charge is 0.376 e. The molecule has 0 spiro atoms. The summed E-state index contributed by atoms with van der Waals surface area (Å²) in [6, 6.07) is 6.89. The van der Waals surface area contributed by atoms with Crippen molar-refractivity contribution in [2.24, 2.45) is 0 Å². The Morgan fingerprint density at radius 2 is 2.14 bits per heavy atom. The lowest BCUT2D eigenvalue weighted by atomic mass is 10.0. The van der Waals surface area contributed by atoms with Crippen molar-refractivity contribution in [2.75, 3.05) is 11.1 Å². The molecule has 1 aromatic carbocycles. The van der Waals surface area contributed by atoms with Crippen LogP contribution in [0.3, 0.4) is 0 Å². The molecule has 1 aliphatic heterocycles. The average Bonchev–Trinajstić information content (AvgIpc) is 2.44. The zero-order chi connectivity index (χ0) is 15.0. The quantitative estimate of drug-likeness (QED) is 0.680. The van der Waals surface area contributed by atoms with Crippen LogP contribution in [0.25, 0.3) is 0 Å². The number of fused-ring (bicyclic) bond motifs is 1. The second kappa shape index (κ2) is 5.27. The number of nitrogens with zero attached hydrogens (tertiary/aromatic N) is 1. The fourth-order valence-electron chi connectivity index (χ4n) is 2.44. The minimum Gasteiger partial charge on any atom is -0.376 e. The molecule has 1 unspecified atom stereocenters. The maximum absolute atomic E-state index is 13.5. The molecule has 0 saturated carbocycles. The van der Waals surface area contributed by atoms with Crippen LogP contribution in [0.5, 0.6) is 0 Å². The average molecular weight is 327 g/mol. The van der Waals surface area contributed by atoms with E-state index >= 15 is 0 Å². The predicted octanol–water partition coefficient (Wildman–Crippen LogP) is 3.20. The zero-order valence-electron chi connectivity index (χ0n) is 10.9. The van der Waals surface area contributed by atoms with E-state index in [0.29, 0.717) is 22.8 Å². The van der Waals surface area contributed by atoms with Gasteiger partial charge >= 0.3 is 0 Å². The summed E-state index contributed by atoms with van der Waals surface area (Å²) < 4.78 is 37.6. The van der Waals surface area contributed by atoms with Crippen LogP contribution in [-0.4, -0.2) is 19.2 Å². The van der Waals surface area contributed by atoms with Gasteiger partial charge in [0.2, 0.25) is 0 Å². The first-order chi connectivity index (χ1) is 9.97. The Balaban J connectivity index is 2.03. The van der Waals surface area contributed by atoms with E-state index in [4.69, 9.17) is 11.6 Å². The number of hydrogen-bond donors (Lipinski definition) is 1. The maximum atomic E-state index is 13.5. The summed E-state index contributed by atoms with van der Waals surface area (Å²) in [6.45, 7) is 0. The van der Waals surface area contributed by atoms with Crippen LogP contribution < -0.4 is 5.32 Å². The van der Waals surface area contributed by atoms with E-state index in [2.05, 4.69) is 10.3 Å². The topological polar surface area (TPSA) is 59.1 Å². The minimum absolute atomic E-state index is 0.0151. The number of pyridine rings is 1. The lowest BCUT2D eigenvalue weighted by Crippen LogP contribution is -2.25. The van der Waals surface area contributed by atoms with Crippen LogP contribution in [-0.2, 0) is 9.84 Å². The molecule has 1 N–H and O–H groups in total. The highest BCUT2D eigenvalue weighted by Gasteiger charge is 2.30. The molecule has 7 heteroatoms. The van der Waals surface area contributed by atoms with Crippen LogP contribution in [0.15, 0.2) is 41.4 Å². The summed E-state index contributed by atoms with van der Waals surface area (Å²) in [5, 5.41) is 3.44. The van der Waals surface area contributed by atoms with E-state index in [9.17, 15) is 12.8 Å². The Bertz CT molecular complexity index is 795. The smallest absolute Gasteiger partial charge is 0.178 e. The molecule has 1 aromatic heterocycles. The molecule has 1 atom stereocenters. The Hall–Kier alpha value is -1.66. The first kappa shape index (κ1) is 14.3. The van der Waals surface area contributed by atoms with Crippen molar-refractivity contribution in [2.45, 2.75) is 17.4 Å². The molecule has 1 aliphatic rings. The molecule has 2 aromatic rings. The van der Waals surface area contributed by atoms with E-state index in [1.807, 2.05) is 0 Å². The number of aromatic nitrogens is 1. The highest BCUT2D eigenvalue weighted by Crippen LogP contribution is 2.35. The van der Waals surface area contributed by atoms with Gasteiger partial charge in [-0.05, 0) is 42.3 Å². The van der Waals surface area contributed by atoms with Gasteiger partial charge < -0.3 is 5.32 Å². The predicted molar refractivity (Wildman–Crippen MR) is 78.7 cm³/mol. The molecule has 0 radical (unpaired) electrons. The Labute approximate surface area is 126 Å². The number of hydrogen-bond acceptors (Lipinski definition) is 4. The normalized spacial score (nSPS) is 19.8. The van der Waals surface area contributed by atoms with Crippen molar-refractivity contribution >= 4 is 27.1 Å².